The molecule has 0 radical (unpaired) electrons. The summed E-state index contributed by atoms with van der Waals surface area (Å²) >= 11 is 2.02. The average Bonchev–Trinajstić information content (AvgIpc) is 2.75. The Hall–Kier alpha value is -1.41. The van der Waals surface area contributed by atoms with Crippen molar-refractivity contribution in [2.75, 3.05) is 0 Å². The maximum absolute atomic E-state index is 12.8. The quantitative estimate of drug-likeness (QED) is 0.624. The van der Waals surface area contributed by atoms with Crippen LogP contribution in [0.1, 0.15) is 5.56 Å². The Kier molecular flexibility index (Phi) is 3.29. The zero-order valence-electron chi connectivity index (χ0n) is 10.6. The Balaban J connectivity index is 2.29. The number of rotatable bonds is 2. The van der Waals surface area contributed by atoms with E-state index < -0.39 is 10.0 Å². The van der Waals surface area contributed by atoms with Gasteiger partial charge >= 0.3 is 0 Å². The molecule has 0 atom stereocenters. The number of fused-ring (bicyclic) bond motifs is 1. The maximum atomic E-state index is 12.8. The van der Waals surface area contributed by atoms with Crippen LogP contribution in [0.25, 0.3) is 11.0 Å². The molecule has 0 aliphatic heterocycles. The van der Waals surface area contributed by atoms with Gasteiger partial charge in [0.1, 0.15) is 0 Å². The molecule has 0 bridgehead atoms. The molecule has 0 unspecified atom stereocenters. The van der Waals surface area contributed by atoms with Crippen molar-refractivity contribution in [3.63, 3.8) is 0 Å². The van der Waals surface area contributed by atoms with Crippen LogP contribution in [0.3, 0.4) is 0 Å². The summed E-state index contributed by atoms with van der Waals surface area (Å²) < 4.78 is 27.5. The predicted molar refractivity (Wildman–Crippen MR) is 86.2 cm³/mol. The van der Waals surface area contributed by atoms with Crippen molar-refractivity contribution in [3.8, 4) is 0 Å². The molecular formula is C14H11IN2O2S. The molecule has 2 heterocycles. The molecule has 20 heavy (non-hydrogen) atoms. The molecule has 0 spiro atoms. The number of nitrogens with zero attached hydrogens (tertiary/aromatic N) is 2. The summed E-state index contributed by atoms with van der Waals surface area (Å²) in [6.07, 6.45) is 1.65. The average molecular weight is 398 g/mol. The molecule has 0 aliphatic rings. The lowest BCUT2D eigenvalue weighted by atomic mass is 10.2. The Bertz CT molecular complexity index is 883. The Morgan fingerprint density at radius 2 is 1.85 bits per heavy atom. The molecule has 6 heteroatoms. The van der Waals surface area contributed by atoms with Crippen LogP contribution in [0.4, 0.5) is 0 Å². The van der Waals surface area contributed by atoms with E-state index in [4.69, 9.17) is 0 Å². The van der Waals surface area contributed by atoms with E-state index in [2.05, 4.69) is 4.98 Å². The monoisotopic (exact) mass is 398 g/mol. The lowest BCUT2D eigenvalue weighted by molar-refractivity contribution is 0.588. The van der Waals surface area contributed by atoms with Gasteiger partial charge in [0.25, 0.3) is 10.0 Å². The van der Waals surface area contributed by atoms with E-state index in [1.807, 2.05) is 29.5 Å². The van der Waals surface area contributed by atoms with E-state index in [0.717, 1.165) is 5.56 Å². The van der Waals surface area contributed by atoms with Crippen LogP contribution in [0.2, 0.25) is 0 Å². The molecule has 0 saturated carbocycles. The SMILES string of the molecule is Cc1ccc(S(=O)(=O)n2c(I)cc3ncccc32)cc1. The van der Waals surface area contributed by atoms with Gasteiger partial charge in [0, 0.05) is 6.20 Å². The van der Waals surface area contributed by atoms with Gasteiger partial charge in [-0.15, -0.1) is 0 Å². The maximum Gasteiger partial charge on any atom is 0.269 e. The number of pyridine rings is 1. The number of aryl methyl sites for hydroxylation is 1. The van der Waals surface area contributed by atoms with E-state index in [0.29, 0.717) is 14.7 Å². The fourth-order valence-electron chi connectivity index (χ4n) is 2.04. The summed E-state index contributed by atoms with van der Waals surface area (Å²) in [7, 11) is -3.60. The summed E-state index contributed by atoms with van der Waals surface area (Å²) in [4.78, 5) is 4.47. The molecule has 1 aromatic carbocycles. The van der Waals surface area contributed by atoms with E-state index in [1.165, 1.54) is 3.97 Å². The summed E-state index contributed by atoms with van der Waals surface area (Å²) in [6.45, 7) is 1.93. The van der Waals surface area contributed by atoms with Crippen molar-refractivity contribution in [2.24, 2.45) is 0 Å². The second-order valence-electron chi connectivity index (χ2n) is 4.46. The summed E-state index contributed by atoms with van der Waals surface area (Å²) in [5.41, 5.74) is 2.29. The van der Waals surface area contributed by atoms with Crippen LogP contribution < -0.4 is 0 Å². The zero-order valence-corrected chi connectivity index (χ0v) is 13.6. The summed E-state index contributed by atoms with van der Waals surface area (Å²) in [5, 5.41) is 0. The van der Waals surface area contributed by atoms with Crippen molar-refractivity contribution >= 4 is 43.6 Å². The Morgan fingerprint density at radius 1 is 1.15 bits per heavy atom. The van der Waals surface area contributed by atoms with Gasteiger partial charge in [0.05, 0.1) is 19.6 Å². The molecule has 0 amide bonds. The van der Waals surface area contributed by atoms with Gasteiger partial charge in [-0.05, 0) is 59.8 Å². The highest BCUT2D eigenvalue weighted by atomic mass is 127. The minimum atomic E-state index is -3.60. The topological polar surface area (TPSA) is 52.0 Å². The van der Waals surface area contributed by atoms with Crippen LogP contribution in [-0.2, 0) is 10.0 Å². The van der Waals surface area contributed by atoms with Gasteiger partial charge in [-0.25, -0.2) is 12.4 Å². The second-order valence-corrected chi connectivity index (χ2v) is 7.35. The molecule has 0 saturated heterocycles. The number of benzene rings is 1. The molecular weight excluding hydrogens is 387 g/mol. The first kappa shape index (κ1) is 13.6. The van der Waals surface area contributed by atoms with E-state index in [1.54, 1.807) is 48.7 Å². The van der Waals surface area contributed by atoms with Crippen molar-refractivity contribution in [2.45, 2.75) is 11.8 Å². The lowest BCUT2D eigenvalue weighted by Crippen LogP contribution is -2.14. The van der Waals surface area contributed by atoms with Crippen molar-refractivity contribution < 1.29 is 8.42 Å². The molecule has 3 rings (SSSR count). The fourth-order valence-corrected chi connectivity index (χ4v) is 4.76. The highest BCUT2D eigenvalue weighted by Gasteiger charge is 2.22. The van der Waals surface area contributed by atoms with Gasteiger partial charge in [0.15, 0.2) is 0 Å². The molecule has 3 aromatic rings. The number of aromatic nitrogens is 2. The van der Waals surface area contributed by atoms with Gasteiger partial charge in [0.2, 0.25) is 0 Å². The third-order valence-corrected chi connectivity index (χ3v) is 5.91. The summed E-state index contributed by atoms with van der Waals surface area (Å²) in [5.74, 6) is 0. The van der Waals surface area contributed by atoms with Gasteiger partial charge in [-0.1, -0.05) is 17.7 Å². The van der Waals surface area contributed by atoms with Crippen LogP contribution >= 0.6 is 22.6 Å². The van der Waals surface area contributed by atoms with Crippen molar-refractivity contribution in [1.29, 1.82) is 0 Å². The Morgan fingerprint density at radius 3 is 2.55 bits per heavy atom. The predicted octanol–water partition coefficient (Wildman–Crippen LogP) is 3.19. The third kappa shape index (κ3) is 2.12. The third-order valence-electron chi connectivity index (χ3n) is 3.04. The highest BCUT2D eigenvalue weighted by molar-refractivity contribution is 14.1. The first-order chi connectivity index (χ1) is 9.50. The first-order valence-corrected chi connectivity index (χ1v) is 8.46. The number of halogens is 1. The van der Waals surface area contributed by atoms with Gasteiger partial charge in [-0.3, -0.25) is 4.98 Å². The van der Waals surface area contributed by atoms with Crippen LogP contribution in [0.15, 0.2) is 53.6 Å². The normalized spacial score (nSPS) is 11.9. The lowest BCUT2D eigenvalue weighted by Gasteiger charge is -2.09. The second kappa shape index (κ2) is 4.85. The molecule has 0 fully saturated rings. The van der Waals surface area contributed by atoms with Crippen LogP contribution in [-0.4, -0.2) is 17.4 Å². The van der Waals surface area contributed by atoms with Crippen LogP contribution in [0.5, 0.6) is 0 Å². The first-order valence-electron chi connectivity index (χ1n) is 5.94. The van der Waals surface area contributed by atoms with Gasteiger partial charge < -0.3 is 0 Å². The zero-order chi connectivity index (χ0) is 14.3. The van der Waals surface area contributed by atoms with E-state index in [-0.39, 0.29) is 4.90 Å². The van der Waals surface area contributed by atoms with E-state index in [9.17, 15) is 8.42 Å². The van der Waals surface area contributed by atoms with Crippen LogP contribution in [0, 0.1) is 10.6 Å². The standard InChI is InChI=1S/C14H11IN2O2S/c1-10-4-6-11(7-5-10)20(18,19)17-13-3-2-8-16-12(13)9-14(17)15/h2-9H,1H3. The molecule has 0 aliphatic carbocycles. The smallest absolute Gasteiger partial charge is 0.255 e. The Labute approximate surface area is 130 Å². The minimum Gasteiger partial charge on any atom is -0.255 e. The van der Waals surface area contributed by atoms with E-state index >= 15 is 0 Å². The molecule has 102 valence electrons. The highest BCUT2D eigenvalue weighted by Crippen LogP contribution is 2.25. The van der Waals surface area contributed by atoms with Gasteiger partial charge in [-0.2, -0.15) is 0 Å². The van der Waals surface area contributed by atoms with Crippen molar-refractivity contribution in [3.05, 3.63) is 57.9 Å². The van der Waals surface area contributed by atoms with Crippen molar-refractivity contribution in [1.82, 2.24) is 8.96 Å². The molecule has 2 aromatic heterocycles. The molecule has 0 N–H and O–H groups in total. The molecule has 4 nitrogen and oxygen atoms in total. The number of hydrogen-bond donors (Lipinski definition) is 0. The number of hydrogen-bond acceptors (Lipinski definition) is 3. The largest absolute Gasteiger partial charge is 0.269 e. The fraction of sp³-hybridized carbons (Fsp3) is 0.0714. The minimum absolute atomic E-state index is 0.280. The summed E-state index contributed by atoms with van der Waals surface area (Å²) in [6, 6.07) is 12.1.